The molecule has 1 fully saturated rings. The topological polar surface area (TPSA) is 95.4 Å². The molecule has 1 N–H and O–H groups in total. The average Bonchev–Trinajstić information content (AvgIpc) is 2.94. The van der Waals surface area contributed by atoms with Crippen molar-refractivity contribution < 1.29 is 24.2 Å². The Bertz CT molecular complexity index is 1120. The average molecular weight is 523 g/mol. The molecule has 0 aliphatic carbocycles. The van der Waals surface area contributed by atoms with Gasteiger partial charge < -0.3 is 24.4 Å². The van der Waals surface area contributed by atoms with Crippen molar-refractivity contribution in [2.75, 3.05) is 59.6 Å². The monoisotopic (exact) mass is 522 g/mol. The van der Waals surface area contributed by atoms with Crippen LogP contribution in [-0.4, -0.2) is 108 Å². The first-order chi connectivity index (χ1) is 18.4. The normalized spacial score (nSPS) is 21.4. The molecule has 1 aromatic carbocycles. The Morgan fingerprint density at radius 3 is 2.63 bits per heavy atom. The fourth-order valence-corrected chi connectivity index (χ4v) is 4.63. The van der Waals surface area contributed by atoms with E-state index >= 15 is 0 Å². The van der Waals surface area contributed by atoms with Crippen LogP contribution in [0, 0.1) is 5.92 Å². The molecule has 204 valence electrons. The lowest BCUT2D eigenvalue weighted by Crippen LogP contribution is -2.51. The number of amides is 2. The Hall–Kier alpha value is -3.27. The van der Waals surface area contributed by atoms with Gasteiger partial charge in [-0.3, -0.25) is 14.5 Å². The number of carbonyl (C=O) groups is 2. The van der Waals surface area contributed by atoms with E-state index in [1.165, 1.54) is 0 Å². The van der Waals surface area contributed by atoms with Gasteiger partial charge in [-0.2, -0.15) is 0 Å². The van der Waals surface area contributed by atoms with E-state index in [1.807, 2.05) is 56.3 Å². The molecule has 38 heavy (non-hydrogen) atoms. The molecule has 0 saturated carbocycles. The van der Waals surface area contributed by atoms with Crippen LogP contribution in [0.15, 0.2) is 42.6 Å². The minimum Gasteiger partial charge on any atom is -0.472 e. The zero-order valence-electron chi connectivity index (χ0n) is 22.5. The Kier molecular flexibility index (Phi) is 9.49. The van der Waals surface area contributed by atoms with Crippen LogP contribution in [0.25, 0.3) is 12.2 Å². The number of aliphatic hydroxyl groups is 1. The number of carbonyl (C=O) groups excluding carboxylic acids is 2. The molecule has 2 aromatic rings. The zero-order valence-corrected chi connectivity index (χ0v) is 22.5. The van der Waals surface area contributed by atoms with Gasteiger partial charge in [-0.05, 0) is 24.1 Å². The predicted octanol–water partition coefficient (Wildman–Crippen LogP) is 2.26. The van der Waals surface area contributed by atoms with Crippen molar-refractivity contribution in [3.63, 3.8) is 0 Å². The van der Waals surface area contributed by atoms with Crippen LogP contribution in [0.3, 0.4) is 0 Å². The van der Waals surface area contributed by atoms with E-state index in [0.29, 0.717) is 38.4 Å². The van der Waals surface area contributed by atoms with Crippen LogP contribution in [0.2, 0.25) is 0 Å². The summed E-state index contributed by atoms with van der Waals surface area (Å²) < 4.78 is 11.7. The van der Waals surface area contributed by atoms with Gasteiger partial charge in [0, 0.05) is 38.8 Å². The van der Waals surface area contributed by atoms with E-state index in [0.717, 1.165) is 24.2 Å². The third-order valence-electron chi connectivity index (χ3n) is 7.15. The highest BCUT2D eigenvalue weighted by Gasteiger charge is 2.34. The number of ether oxygens (including phenoxy) is 2. The lowest BCUT2D eigenvalue weighted by molar-refractivity contribution is -0.133. The number of rotatable bonds is 8. The molecule has 3 heterocycles. The van der Waals surface area contributed by atoms with Gasteiger partial charge in [0.15, 0.2) is 0 Å². The Labute approximate surface area is 224 Å². The minimum atomic E-state index is -0.382. The van der Waals surface area contributed by atoms with E-state index < -0.39 is 0 Å². The molecular weight excluding hydrogens is 484 g/mol. The molecule has 4 rings (SSSR count). The maximum Gasteiger partial charge on any atom is 0.259 e. The first kappa shape index (κ1) is 27.8. The van der Waals surface area contributed by atoms with Gasteiger partial charge in [0.05, 0.1) is 39.0 Å². The molecule has 0 radical (unpaired) electrons. The van der Waals surface area contributed by atoms with Gasteiger partial charge in [-0.15, -0.1) is 0 Å². The number of pyridine rings is 1. The van der Waals surface area contributed by atoms with Gasteiger partial charge in [0.1, 0.15) is 11.7 Å². The molecule has 9 heteroatoms. The maximum absolute atomic E-state index is 13.6. The van der Waals surface area contributed by atoms with Crippen molar-refractivity contribution in [3.05, 3.63) is 59.3 Å². The summed E-state index contributed by atoms with van der Waals surface area (Å²) in [7, 11) is 1.78. The zero-order chi connectivity index (χ0) is 27.1. The van der Waals surface area contributed by atoms with E-state index in [1.54, 1.807) is 29.1 Å². The smallest absolute Gasteiger partial charge is 0.259 e. The number of hydrogen-bond donors (Lipinski definition) is 1. The molecule has 1 saturated heterocycles. The summed E-state index contributed by atoms with van der Waals surface area (Å²) in [6.45, 7) is 7.50. The molecule has 2 aliphatic heterocycles. The molecular formula is C29H38N4O5. The number of aliphatic hydroxyl groups excluding tert-OH is 1. The molecule has 0 unspecified atom stereocenters. The second-order valence-electron chi connectivity index (χ2n) is 10.2. The van der Waals surface area contributed by atoms with E-state index in [9.17, 15) is 14.7 Å². The lowest BCUT2D eigenvalue weighted by Gasteiger charge is -2.38. The van der Waals surface area contributed by atoms with Crippen LogP contribution < -0.4 is 4.74 Å². The van der Waals surface area contributed by atoms with Crippen LogP contribution in [0.1, 0.15) is 35.3 Å². The molecule has 0 bridgehead atoms. The Morgan fingerprint density at radius 1 is 1.21 bits per heavy atom. The summed E-state index contributed by atoms with van der Waals surface area (Å²) >= 11 is 0. The van der Waals surface area contributed by atoms with Crippen molar-refractivity contribution >= 4 is 24.0 Å². The van der Waals surface area contributed by atoms with Gasteiger partial charge >= 0.3 is 0 Å². The molecule has 1 aromatic heterocycles. The van der Waals surface area contributed by atoms with E-state index in [-0.39, 0.29) is 42.4 Å². The fraction of sp³-hybridized carbons (Fsp3) is 0.483. The molecule has 2 aliphatic rings. The van der Waals surface area contributed by atoms with Crippen molar-refractivity contribution in [3.8, 4) is 5.88 Å². The van der Waals surface area contributed by atoms with Crippen LogP contribution >= 0.6 is 0 Å². The quantitative estimate of drug-likeness (QED) is 0.568. The molecule has 0 spiro atoms. The summed E-state index contributed by atoms with van der Waals surface area (Å²) in [6.07, 6.45) is 5.17. The second-order valence-corrected chi connectivity index (χ2v) is 10.2. The van der Waals surface area contributed by atoms with E-state index in [2.05, 4.69) is 9.88 Å². The van der Waals surface area contributed by atoms with Gasteiger partial charge in [-0.25, -0.2) is 4.98 Å². The Morgan fingerprint density at radius 2 is 1.92 bits per heavy atom. The second kappa shape index (κ2) is 13.0. The third-order valence-corrected chi connectivity index (χ3v) is 7.15. The summed E-state index contributed by atoms with van der Waals surface area (Å²) in [5.74, 6) is -0.0752. The van der Waals surface area contributed by atoms with E-state index in [4.69, 9.17) is 9.47 Å². The summed E-state index contributed by atoms with van der Waals surface area (Å²) in [5, 5.41) is 9.89. The number of morpholine rings is 1. The van der Waals surface area contributed by atoms with Crippen molar-refractivity contribution in [1.82, 2.24) is 19.7 Å². The largest absolute Gasteiger partial charge is 0.472 e. The van der Waals surface area contributed by atoms with Crippen LogP contribution in [0.4, 0.5) is 0 Å². The predicted molar refractivity (Wildman–Crippen MR) is 146 cm³/mol. The third kappa shape index (κ3) is 6.98. The molecule has 2 amide bonds. The van der Waals surface area contributed by atoms with Crippen LogP contribution in [-0.2, 0) is 9.53 Å². The summed E-state index contributed by atoms with van der Waals surface area (Å²) in [4.78, 5) is 36.6. The van der Waals surface area contributed by atoms with Gasteiger partial charge in [-0.1, -0.05) is 49.4 Å². The standard InChI is InChI=1S/C29H38N4O5/c1-21-17-33(22(2)20-34)29(36)25-15-24(10-9-23-7-5-4-6-8-23)16-30-28(25)38-26(21)18-31(3)27(35)19-32-11-13-37-14-12-32/h4-10,15-16,21-22,26,34H,11-14,17-20H2,1-3H3/t21-,22-,26-/m1/s1. The first-order valence-electron chi connectivity index (χ1n) is 13.2. The fourth-order valence-electron chi connectivity index (χ4n) is 4.63. The minimum absolute atomic E-state index is 0.0102. The maximum atomic E-state index is 13.6. The number of aromatic nitrogens is 1. The van der Waals surface area contributed by atoms with Crippen molar-refractivity contribution in [1.29, 1.82) is 0 Å². The summed E-state index contributed by atoms with van der Waals surface area (Å²) in [6, 6.07) is 11.3. The van der Waals surface area contributed by atoms with Gasteiger partial charge in [0.2, 0.25) is 11.8 Å². The SMILES string of the molecule is C[C@@H]1CN([C@H](C)CO)C(=O)c2cc(C=Cc3ccccc3)cnc2O[C@@H]1CN(C)C(=O)CN1CCOCC1. The number of likely N-dealkylation sites (N-methyl/N-ethyl adjacent to an activating group) is 1. The highest BCUT2D eigenvalue weighted by Crippen LogP contribution is 2.28. The highest BCUT2D eigenvalue weighted by atomic mass is 16.5. The van der Waals surface area contributed by atoms with Crippen molar-refractivity contribution in [2.24, 2.45) is 5.92 Å². The lowest BCUT2D eigenvalue weighted by atomic mass is 9.99. The van der Waals surface area contributed by atoms with Gasteiger partial charge in [0.25, 0.3) is 5.91 Å². The van der Waals surface area contributed by atoms with Crippen molar-refractivity contribution in [2.45, 2.75) is 26.0 Å². The molecule has 9 nitrogen and oxygen atoms in total. The van der Waals surface area contributed by atoms with Crippen LogP contribution in [0.5, 0.6) is 5.88 Å². The Balaban J connectivity index is 1.56. The number of nitrogens with zero attached hydrogens (tertiary/aromatic N) is 4. The first-order valence-corrected chi connectivity index (χ1v) is 13.2. The number of hydrogen-bond acceptors (Lipinski definition) is 7. The summed E-state index contributed by atoms with van der Waals surface area (Å²) in [5.41, 5.74) is 2.15. The number of fused-ring (bicyclic) bond motifs is 1. The number of benzene rings is 1. The molecule has 3 atom stereocenters. The highest BCUT2D eigenvalue weighted by molar-refractivity contribution is 5.97.